The molecule has 0 aliphatic carbocycles. The van der Waals surface area contributed by atoms with E-state index >= 15 is 0 Å². The zero-order valence-corrected chi connectivity index (χ0v) is 7.86. The third-order valence-corrected chi connectivity index (χ3v) is 1.86. The topological polar surface area (TPSA) is 75.3 Å². The van der Waals surface area contributed by atoms with E-state index in [9.17, 15) is 4.79 Å². The zero-order chi connectivity index (χ0) is 10.4. The number of nitrogens with one attached hydrogen (secondary N) is 1. The Labute approximate surface area is 82.7 Å². The highest BCUT2D eigenvalue weighted by atomic mass is 16.4. The van der Waals surface area contributed by atoms with Gasteiger partial charge in [0, 0.05) is 18.8 Å². The number of carbonyl (C=O) groups is 1. The second kappa shape index (κ2) is 5.24. The van der Waals surface area contributed by atoms with Crippen LogP contribution < -0.4 is 11.1 Å². The summed E-state index contributed by atoms with van der Waals surface area (Å²) in [6.07, 6.45) is 0.124. The smallest absolute Gasteiger partial charge is 0.305 e. The van der Waals surface area contributed by atoms with Gasteiger partial charge in [-0.2, -0.15) is 0 Å². The first-order chi connectivity index (χ1) is 6.72. The summed E-state index contributed by atoms with van der Waals surface area (Å²) in [7, 11) is 0. The highest BCUT2D eigenvalue weighted by Gasteiger charge is 1.96. The number of carboxylic acids is 1. The maximum absolute atomic E-state index is 10.2. The lowest BCUT2D eigenvalue weighted by Crippen LogP contribution is -2.07. The average Bonchev–Trinajstić information content (AvgIpc) is 2.18. The van der Waals surface area contributed by atoms with E-state index in [2.05, 4.69) is 5.32 Å². The van der Waals surface area contributed by atoms with Gasteiger partial charge in [0.15, 0.2) is 0 Å². The molecule has 1 aromatic carbocycles. The molecule has 0 aromatic heterocycles. The monoisotopic (exact) mass is 194 g/mol. The van der Waals surface area contributed by atoms with E-state index in [1.54, 1.807) is 0 Å². The molecular weight excluding hydrogens is 180 g/mol. The molecule has 14 heavy (non-hydrogen) atoms. The van der Waals surface area contributed by atoms with E-state index in [4.69, 9.17) is 10.8 Å². The maximum atomic E-state index is 10.2. The fourth-order valence-electron chi connectivity index (χ4n) is 1.07. The van der Waals surface area contributed by atoms with Gasteiger partial charge in [-0.3, -0.25) is 4.79 Å². The Morgan fingerprint density at radius 2 is 2.00 bits per heavy atom. The fourth-order valence-corrected chi connectivity index (χ4v) is 1.07. The van der Waals surface area contributed by atoms with Crippen molar-refractivity contribution < 1.29 is 9.90 Å². The number of rotatable bonds is 5. The molecule has 0 saturated heterocycles. The van der Waals surface area contributed by atoms with Crippen LogP contribution in [0.5, 0.6) is 0 Å². The molecule has 0 atom stereocenters. The van der Waals surface area contributed by atoms with Crippen LogP contribution in [0.25, 0.3) is 0 Å². The Morgan fingerprint density at radius 1 is 1.36 bits per heavy atom. The van der Waals surface area contributed by atoms with E-state index in [1.807, 2.05) is 24.3 Å². The predicted octanol–water partition coefficient (Wildman–Crippen LogP) is 1.03. The molecule has 0 radical (unpaired) electrons. The van der Waals surface area contributed by atoms with Crippen LogP contribution in [0, 0.1) is 0 Å². The quantitative estimate of drug-likeness (QED) is 0.654. The molecule has 0 heterocycles. The van der Waals surface area contributed by atoms with Gasteiger partial charge < -0.3 is 16.2 Å². The molecule has 0 spiro atoms. The first-order valence-corrected chi connectivity index (χ1v) is 4.47. The first kappa shape index (κ1) is 10.5. The number of aliphatic carboxylic acids is 1. The fraction of sp³-hybridized carbons (Fsp3) is 0.300. The second-order valence-electron chi connectivity index (χ2n) is 2.97. The summed E-state index contributed by atoms with van der Waals surface area (Å²) in [5.74, 6) is -0.795. The van der Waals surface area contributed by atoms with Gasteiger partial charge in [-0.05, 0) is 17.7 Å². The number of hydrogen-bond acceptors (Lipinski definition) is 3. The van der Waals surface area contributed by atoms with Crippen LogP contribution in [0.1, 0.15) is 12.0 Å². The number of hydrogen-bond donors (Lipinski definition) is 3. The molecular formula is C10H14N2O2. The average molecular weight is 194 g/mol. The third-order valence-electron chi connectivity index (χ3n) is 1.86. The molecule has 0 unspecified atom stereocenters. The van der Waals surface area contributed by atoms with Crippen molar-refractivity contribution in [1.82, 2.24) is 0 Å². The summed E-state index contributed by atoms with van der Waals surface area (Å²) in [5.41, 5.74) is 7.43. The standard InChI is InChI=1S/C10H14N2O2/c11-7-8-1-3-9(4-2-8)12-6-5-10(13)14/h1-4,12H,5-7,11H2,(H,13,14). The Hall–Kier alpha value is -1.55. The molecule has 0 aliphatic heterocycles. The lowest BCUT2D eigenvalue weighted by Gasteiger charge is -2.04. The van der Waals surface area contributed by atoms with E-state index < -0.39 is 5.97 Å². The van der Waals surface area contributed by atoms with E-state index in [0.717, 1.165) is 11.3 Å². The van der Waals surface area contributed by atoms with Gasteiger partial charge in [0.25, 0.3) is 0 Å². The van der Waals surface area contributed by atoms with Gasteiger partial charge in [-0.1, -0.05) is 12.1 Å². The van der Waals surface area contributed by atoms with Gasteiger partial charge in [-0.25, -0.2) is 0 Å². The van der Waals surface area contributed by atoms with Crippen LogP contribution in [0.3, 0.4) is 0 Å². The maximum Gasteiger partial charge on any atom is 0.305 e. The first-order valence-electron chi connectivity index (χ1n) is 4.47. The van der Waals surface area contributed by atoms with Gasteiger partial charge in [-0.15, -0.1) is 0 Å². The van der Waals surface area contributed by atoms with E-state index in [0.29, 0.717) is 13.1 Å². The van der Waals surface area contributed by atoms with Crippen molar-refractivity contribution in [2.24, 2.45) is 5.73 Å². The van der Waals surface area contributed by atoms with Crippen molar-refractivity contribution >= 4 is 11.7 Å². The Kier molecular flexibility index (Phi) is 3.94. The highest BCUT2D eigenvalue weighted by Crippen LogP contribution is 2.08. The minimum absolute atomic E-state index is 0.124. The molecule has 1 rings (SSSR count). The normalized spacial score (nSPS) is 9.79. The molecule has 1 aromatic rings. The summed E-state index contributed by atoms with van der Waals surface area (Å²) < 4.78 is 0. The molecule has 0 fully saturated rings. The molecule has 4 nitrogen and oxygen atoms in total. The van der Waals surface area contributed by atoms with Crippen LogP contribution in [0.15, 0.2) is 24.3 Å². The van der Waals surface area contributed by atoms with Gasteiger partial charge >= 0.3 is 5.97 Å². The summed E-state index contributed by atoms with van der Waals surface area (Å²) in [4.78, 5) is 10.2. The van der Waals surface area contributed by atoms with Crippen molar-refractivity contribution in [2.45, 2.75) is 13.0 Å². The van der Waals surface area contributed by atoms with Crippen LogP contribution in [-0.2, 0) is 11.3 Å². The highest BCUT2D eigenvalue weighted by molar-refractivity contribution is 5.67. The van der Waals surface area contributed by atoms with Crippen LogP contribution in [0.2, 0.25) is 0 Å². The molecule has 4 heteroatoms. The van der Waals surface area contributed by atoms with Crippen LogP contribution >= 0.6 is 0 Å². The third kappa shape index (κ3) is 3.45. The number of carboxylic acid groups (broad SMARTS) is 1. The van der Waals surface area contributed by atoms with Crippen molar-refractivity contribution in [3.63, 3.8) is 0 Å². The summed E-state index contributed by atoms with van der Waals surface area (Å²) >= 11 is 0. The summed E-state index contributed by atoms with van der Waals surface area (Å²) in [6.45, 7) is 0.965. The van der Waals surface area contributed by atoms with Gasteiger partial charge in [0.05, 0.1) is 6.42 Å². The molecule has 0 aliphatic rings. The minimum Gasteiger partial charge on any atom is -0.481 e. The zero-order valence-electron chi connectivity index (χ0n) is 7.86. The van der Waals surface area contributed by atoms with Crippen LogP contribution in [-0.4, -0.2) is 17.6 Å². The van der Waals surface area contributed by atoms with Gasteiger partial charge in [0.1, 0.15) is 0 Å². The molecule has 4 N–H and O–H groups in total. The Morgan fingerprint density at radius 3 is 2.50 bits per heavy atom. The van der Waals surface area contributed by atoms with Gasteiger partial charge in [0.2, 0.25) is 0 Å². The SMILES string of the molecule is NCc1ccc(NCCC(=O)O)cc1. The number of benzene rings is 1. The summed E-state index contributed by atoms with van der Waals surface area (Å²) in [5, 5.41) is 11.4. The molecule has 0 bridgehead atoms. The molecule has 76 valence electrons. The largest absolute Gasteiger partial charge is 0.481 e. The van der Waals surface area contributed by atoms with Crippen molar-refractivity contribution in [3.8, 4) is 0 Å². The Bertz CT molecular complexity index is 295. The van der Waals surface area contributed by atoms with E-state index in [1.165, 1.54) is 0 Å². The lowest BCUT2D eigenvalue weighted by molar-refractivity contribution is -0.136. The van der Waals surface area contributed by atoms with Crippen molar-refractivity contribution in [2.75, 3.05) is 11.9 Å². The Balaban J connectivity index is 2.40. The van der Waals surface area contributed by atoms with E-state index in [-0.39, 0.29) is 6.42 Å². The van der Waals surface area contributed by atoms with Crippen molar-refractivity contribution in [1.29, 1.82) is 0 Å². The van der Waals surface area contributed by atoms with Crippen molar-refractivity contribution in [3.05, 3.63) is 29.8 Å². The predicted molar refractivity (Wildman–Crippen MR) is 55.1 cm³/mol. The number of nitrogens with two attached hydrogens (primary N) is 1. The molecule has 0 saturated carbocycles. The second-order valence-corrected chi connectivity index (χ2v) is 2.97. The number of anilines is 1. The minimum atomic E-state index is -0.795. The van der Waals surface area contributed by atoms with Crippen LogP contribution in [0.4, 0.5) is 5.69 Å². The lowest BCUT2D eigenvalue weighted by atomic mass is 10.2. The molecule has 0 amide bonds. The summed E-state index contributed by atoms with van der Waals surface area (Å²) in [6, 6.07) is 7.63.